The van der Waals surface area contributed by atoms with Gasteiger partial charge in [-0.1, -0.05) is 36.4 Å². The van der Waals surface area contributed by atoms with Gasteiger partial charge in [0.15, 0.2) is 5.96 Å². The minimum Gasteiger partial charge on any atom is -0.444 e. The molecule has 2 aromatic rings. The SMILES string of the molecule is CN=C(NCCCN(Cc1cccnc1)C(=O)OC(C)(C)C)NCc1ccccc1. The number of rotatable bonds is 8. The fraction of sp³-hybridized carbons (Fsp3) is 0.435. The van der Waals surface area contributed by atoms with Gasteiger partial charge in [-0.3, -0.25) is 9.98 Å². The van der Waals surface area contributed by atoms with Gasteiger partial charge >= 0.3 is 6.09 Å². The first-order valence-electron chi connectivity index (χ1n) is 10.2. The fourth-order valence-electron chi connectivity index (χ4n) is 2.75. The van der Waals surface area contributed by atoms with Gasteiger partial charge < -0.3 is 20.3 Å². The molecule has 30 heavy (non-hydrogen) atoms. The summed E-state index contributed by atoms with van der Waals surface area (Å²) in [5.41, 5.74) is 1.62. The fourth-order valence-corrected chi connectivity index (χ4v) is 2.75. The molecule has 0 bridgehead atoms. The summed E-state index contributed by atoms with van der Waals surface area (Å²) in [7, 11) is 1.75. The smallest absolute Gasteiger partial charge is 0.410 e. The van der Waals surface area contributed by atoms with E-state index >= 15 is 0 Å². The van der Waals surface area contributed by atoms with Crippen LogP contribution < -0.4 is 10.6 Å². The van der Waals surface area contributed by atoms with Gasteiger partial charge in [-0.15, -0.1) is 0 Å². The molecule has 0 aliphatic rings. The number of amides is 1. The van der Waals surface area contributed by atoms with Crippen molar-refractivity contribution in [2.75, 3.05) is 20.1 Å². The number of hydrogen-bond donors (Lipinski definition) is 2. The molecule has 0 atom stereocenters. The topological polar surface area (TPSA) is 78.9 Å². The Labute approximate surface area is 179 Å². The number of hydrogen-bond acceptors (Lipinski definition) is 4. The maximum Gasteiger partial charge on any atom is 0.410 e. The number of ether oxygens (including phenoxy) is 1. The van der Waals surface area contributed by atoms with Crippen LogP contribution in [0, 0.1) is 0 Å². The standard InChI is InChI=1S/C23H33N5O2/c1-23(2,3)30-22(29)28(18-20-12-8-13-25-16-20)15-9-14-26-21(24-4)27-17-19-10-6-5-7-11-19/h5-8,10-13,16H,9,14-15,17-18H2,1-4H3,(H2,24,26,27). The van der Waals surface area contributed by atoms with Crippen molar-refractivity contribution >= 4 is 12.1 Å². The van der Waals surface area contributed by atoms with E-state index in [4.69, 9.17) is 4.74 Å². The first-order chi connectivity index (χ1) is 14.4. The molecular weight excluding hydrogens is 378 g/mol. The summed E-state index contributed by atoms with van der Waals surface area (Å²) in [4.78, 5) is 22.7. The lowest BCUT2D eigenvalue weighted by Gasteiger charge is -2.27. The zero-order valence-corrected chi connectivity index (χ0v) is 18.4. The van der Waals surface area contributed by atoms with Crippen LogP contribution in [0.5, 0.6) is 0 Å². The van der Waals surface area contributed by atoms with Gasteiger partial charge in [0.25, 0.3) is 0 Å². The van der Waals surface area contributed by atoms with E-state index in [2.05, 4.69) is 32.7 Å². The summed E-state index contributed by atoms with van der Waals surface area (Å²) in [6, 6.07) is 14.0. The summed E-state index contributed by atoms with van der Waals surface area (Å²) in [6.45, 7) is 8.02. The van der Waals surface area contributed by atoms with E-state index in [0.29, 0.717) is 26.2 Å². The average Bonchev–Trinajstić information content (AvgIpc) is 2.72. The predicted molar refractivity (Wildman–Crippen MR) is 120 cm³/mol. The molecule has 0 aliphatic carbocycles. The molecule has 0 fully saturated rings. The highest BCUT2D eigenvalue weighted by atomic mass is 16.6. The number of nitrogens with zero attached hydrogens (tertiary/aromatic N) is 3. The largest absolute Gasteiger partial charge is 0.444 e. The molecule has 1 aromatic heterocycles. The Kier molecular flexibility index (Phi) is 9.12. The molecule has 0 spiro atoms. The van der Waals surface area contributed by atoms with Gasteiger partial charge in [-0.25, -0.2) is 4.79 Å². The van der Waals surface area contributed by atoms with E-state index in [0.717, 1.165) is 17.9 Å². The average molecular weight is 412 g/mol. The lowest BCUT2D eigenvalue weighted by molar-refractivity contribution is 0.0232. The minimum atomic E-state index is -0.536. The first kappa shape index (κ1) is 23.2. The van der Waals surface area contributed by atoms with Crippen LogP contribution in [0.3, 0.4) is 0 Å². The number of pyridine rings is 1. The molecule has 162 valence electrons. The monoisotopic (exact) mass is 411 g/mol. The highest BCUT2D eigenvalue weighted by Crippen LogP contribution is 2.12. The zero-order chi connectivity index (χ0) is 21.8. The van der Waals surface area contributed by atoms with Crippen LogP contribution in [0.4, 0.5) is 4.79 Å². The second-order valence-corrected chi connectivity index (χ2v) is 7.95. The maximum absolute atomic E-state index is 12.6. The molecule has 2 N–H and O–H groups in total. The number of aliphatic imine (C=N–C) groups is 1. The van der Waals surface area contributed by atoms with E-state index in [9.17, 15) is 4.79 Å². The predicted octanol–water partition coefficient (Wildman–Crippen LogP) is 3.57. The van der Waals surface area contributed by atoms with Gasteiger partial charge in [-0.2, -0.15) is 0 Å². The van der Waals surface area contributed by atoms with E-state index in [1.165, 1.54) is 5.56 Å². The van der Waals surface area contributed by atoms with Crippen molar-refractivity contribution in [3.8, 4) is 0 Å². The first-order valence-corrected chi connectivity index (χ1v) is 10.2. The Morgan fingerprint density at radius 3 is 2.47 bits per heavy atom. The van der Waals surface area contributed by atoms with Crippen LogP contribution in [0.25, 0.3) is 0 Å². The number of benzene rings is 1. The number of carbonyl (C=O) groups is 1. The van der Waals surface area contributed by atoms with E-state index in [1.54, 1.807) is 24.3 Å². The minimum absolute atomic E-state index is 0.321. The van der Waals surface area contributed by atoms with Crippen molar-refractivity contribution in [2.45, 2.75) is 45.9 Å². The quantitative estimate of drug-likeness (QED) is 0.394. The molecule has 0 saturated heterocycles. The highest BCUT2D eigenvalue weighted by molar-refractivity contribution is 5.79. The molecule has 1 aromatic carbocycles. The number of guanidine groups is 1. The normalized spacial score (nSPS) is 11.7. The summed E-state index contributed by atoms with van der Waals surface area (Å²) < 4.78 is 5.57. The molecule has 0 aliphatic heterocycles. The summed E-state index contributed by atoms with van der Waals surface area (Å²) >= 11 is 0. The Bertz CT molecular complexity index is 788. The molecule has 0 saturated carbocycles. The summed E-state index contributed by atoms with van der Waals surface area (Å²) in [6.07, 6.45) is 3.92. The van der Waals surface area contributed by atoms with E-state index in [1.807, 2.05) is 51.1 Å². The summed E-state index contributed by atoms with van der Waals surface area (Å²) in [5.74, 6) is 0.731. The molecule has 2 rings (SSSR count). The molecule has 0 unspecified atom stereocenters. The number of carbonyl (C=O) groups excluding carboxylic acids is 1. The van der Waals surface area contributed by atoms with Crippen LogP contribution >= 0.6 is 0 Å². The second-order valence-electron chi connectivity index (χ2n) is 7.95. The van der Waals surface area contributed by atoms with Gasteiger partial charge in [0.1, 0.15) is 5.60 Å². The highest BCUT2D eigenvalue weighted by Gasteiger charge is 2.22. The van der Waals surface area contributed by atoms with Crippen LogP contribution in [0.2, 0.25) is 0 Å². The van der Waals surface area contributed by atoms with Crippen molar-refractivity contribution in [2.24, 2.45) is 4.99 Å². The van der Waals surface area contributed by atoms with Crippen molar-refractivity contribution in [1.29, 1.82) is 0 Å². The van der Waals surface area contributed by atoms with Gasteiger partial charge in [0, 0.05) is 39.1 Å². The third kappa shape index (κ3) is 8.94. The number of nitrogens with one attached hydrogen (secondary N) is 2. The van der Waals surface area contributed by atoms with Gasteiger partial charge in [0.05, 0.1) is 6.54 Å². The third-order valence-corrected chi connectivity index (χ3v) is 4.17. The zero-order valence-electron chi connectivity index (χ0n) is 18.4. The van der Waals surface area contributed by atoms with Crippen molar-refractivity contribution < 1.29 is 9.53 Å². The van der Waals surface area contributed by atoms with E-state index < -0.39 is 5.60 Å². The van der Waals surface area contributed by atoms with Crippen LogP contribution in [0.1, 0.15) is 38.3 Å². The molecule has 1 heterocycles. The molecule has 1 amide bonds. The Balaban J connectivity index is 1.83. The van der Waals surface area contributed by atoms with Crippen LogP contribution in [-0.4, -0.2) is 47.7 Å². The van der Waals surface area contributed by atoms with Crippen molar-refractivity contribution in [1.82, 2.24) is 20.5 Å². The molecule has 7 heteroatoms. The van der Waals surface area contributed by atoms with E-state index in [-0.39, 0.29) is 6.09 Å². The lowest BCUT2D eigenvalue weighted by atomic mass is 10.2. The van der Waals surface area contributed by atoms with Crippen LogP contribution in [0.15, 0.2) is 59.9 Å². The third-order valence-electron chi connectivity index (χ3n) is 4.17. The molecule has 0 radical (unpaired) electrons. The van der Waals surface area contributed by atoms with Crippen molar-refractivity contribution in [3.05, 3.63) is 66.0 Å². The maximum atomic E-state index is 12.6. The Hall–Kier alpha value is -3.09. The van der Waals surface area contributed by atoms with Gasteiger partial charge in [-0.05, 0) is 44.4 Å². The molecular formula is C23H33N5O2. The number of aromatic nitrogens is 1. The summed E-state index contributed by atoms with van der Waals surface area (Å²) in [5, 5.41) is 6.59. The second kappa shape index (κ2) is 11.8. The Morgan fingerprint density at radius 2 is 1.83 bits per heavy atom. The van der Waals surface area contributed by atoms with Gasteiger partial charge in [0.2, 0.25) is 0 Å². The van der Waals surface area contributed by atoms with Crippen LogP contribution in [-0.2, 0) is 17.8 Å². The Morgan fingerprint density at radius 1 is 1.10 bits per heavy atom. The molecule has 7 nitrogen and oxygen atoms in total. The van der Waals surface area contributed by atoms with Crippen molar-refractivity contribution in [3.63, 3.8) is 0 Å². The lowest BCUT2D eigenvalue weighted by Crippen LogP contribution is -2.40.